The van der Waals surface area contributed by atoms with Crippen LogP contribution in [0.4, 0.5) is 19.1 Å². The van der Waals surface area contributed by atoms with E-state index in [-0.39, 0.29) is 17.4 Å². The summed E-state index contributed by atoms with van der Waals surface area (Å²) in [4.78, 5) is 25.8. The number of anilines is 1. The van der Waals surface area contributed by atoms with Gasteiger partial charge in [0, 0.05) is 6.54 Å². The number of carboxylic acid groups (broad SMARTS) is 1. The highest BCUT2D eigenvalue weighted by Gasteiger charge is 2.47. The van der Waals surface area contributed by atoms with Crippen LogP contribution >= 0.6 is 0 Å². The van der Waals surface area contributed by atoms with E-state index in [9.17, 15) is 22.8 Å². The smallest absolute Gasteiger partial charge is 0.471 e. The van der Waals surface area contributed by atoms with E-state index in [0.29, 0.717) is 0 Å². The summed E-state index contributed by atoms with van der Waals surface area (Å²) in [6.45, 7) is -0.696. The molecule has 2 rings (SSSR count). The number of carboxylic acids is 1. The van der Waals surface area contributed by atoms with Crippen molar-refractivity contribution in [2.75, 3.05) is 11.4 Å². The predicted molar refractivity (Wildman–Crippen MR) is 49.6 cm³/mol. The molecular formula is C8H7F3N4O3. The van der Waals surface area contributed by atoms with Gasteiger partial charge in [-0.1, -0.05) is 0 Å². The molecule has 1 aliphatic rings. The number of alkyl halides is 3. The third kappa shape index (κ3) is 2.00. The Labute approximate surface area is 97.8 Å². The Balaban J connectivity index is 2.36. The molecule has 0 saturated carbocycles. The molecule has 18 heavy (non-hydrogen) atoms. The minimum atomic E-state index is -5.09. The molecule has 0 fully saturated rings. The molecule has 2 heterocycles. The van der Waals surface area contributed by atoms with Gasteiger partial charge in [0.1, 0.15) is 6.33 Å². The third-order valence-electron chi connectivity index (χ3n) is 2.47. The molecule has 1 unspecified atom stereocenters. The van der Waals surface area contributed by atoms with Gasteiger partial charge in [-0.05, 0) is 0 Å². The third-order valence-corrected chi connectivity index (χ3v) is 2.47. The van der Waals surface area contributed by atoms with E-state index in [0.717, 1.165) is 11.0 Å². The Bertz CT molecular complexity index is 498. The van der Waals surface area contributed by atoms with Crippen molar-refractivity contribution in [2.24, 2.45) is 5.92 Å². The summed E-state index contributed by atoms with van der Waals surface area (Å²) in [5.41, 5.74) is 0. The Kier molecular flexibility index (Phi) is 2.71. The van der Waals surface area contributed by atoms with Crippen molar-refractivity contribution >= 4 is 17.8 Å². The van der Waals surface area contributed by atoms with Gasteiger partial charge in [0.05, 0.1) is 12.5 Å². The normalized spacial score (nSPS) is 19.5. The first-order valence-electron chi connectivity index (χ1n) is 4.80. The Hall–Kier alpha value is -2.13. The van der Waals surface area contributed by atoms with Crippen molar-refractivity contribution in [3.05, 3.63) is 6.33 Å². The van der Waals surface area contributed by atoms with Gasteiger partial charge in [-0.2, -0.15) is 23.3 Å². The molecule has 0 spiro atoms. The number of hydrogen-bond donors (Lipinski definition) is 1. The van der Waals surface area contributed by atoms with Gasteiger partial charge >= 0.3 is 18.1 Å². The first-order chi connectivity index (χ1) is 8.30. The van der Waals surface area contributed by atoms with Crippen LogP contribution in [0, 0.1) is 5.92 Å². The van der Waals surface area contributed by atoms with E-state index < -0.39 is 30.5 Å². The number of amides is 1. The maximum Gasteiger partial charge on any atom is 0.471 e. The summed E-state index contributed by atoms with van der Waals surface area (Å²) >= 11 is 0. The van der Waals surface area contributed by atoms with Gasteiger partial charge in [-0.15, -0.1) is 0 Å². The second-order valence-corrected chi connectivity index (χ2v) is 3.69. The Morgan fingerprint density at radius 2 is 2.06 bits per heavy atom. The molecule has 1 amide bonds. The first kappa shape index (κ1) is 12.3. The molecule has 0 aromatic carbocycles. The molecule has 0 bridgehead atoms. The highest BCUT2D eigenvalue weighted by atomic mass is 19.4. The highest BCUT2D eigenvalue weighted by molar-refractivity contribution is 5.96. The molecule has 0 radical (unpaired) electrons. The van der Waals surface area contributed by atoms with Crippen LogP contribution in [0.2, 0.25) is 0 Å². The summed E-state index contributed by atoms with van der Waals surface area (Å²) in [5.74, 6) is -4.89. The van der Waals surface area contributed by atoms with Crippen LogP contribution in [0.5, 0.6) is 0 Å². The maximum absolute atomic E-state index is 12.4. The number of fused-ring (bicyclic) bond motifs is 1. The second-order valence-electron chi connectivity index (χ2n) is 3.69. The number of hydrogen-bond acceptors (Lipinski definition) is 4. The second kappa shape index (κ2) is 3.96. The van der Waals surface area contributed by atoms with Crippen LogP contribution < -0.4 is 4.90 Å². The lowest BCUT2D eigenvalue weighted by Gasteiger charge is -2.30. The molecule has 1 aromatic rings. The van der Waals surface area contributed by atoms with Crippen LogP contribution in [0.1, 0.15) is 0 Å². The number of aliphatic carboxylic acids is 1. The fraction of sp³-hybridized carbons (Fsp3) is 0.500. The number of carbonyl (C=O) groups excluding carboxylic acids is 1. The lowest BCUT2D eigenvalue weighted by molar-refractivity contribution is -0.171. The monoisotopic (exact) mass is 264 g/mol. The average molecular weight is 264 g/mol. The van der Waals surface area contributed by atoms with Crippen molar-refractivity contribution in [3.63, 3.8) is 0 Å². The zero-order valence-electron chi connectivity index (χ0n) is 8.76. The number of nitrogens with zero attached hydrogens (tertiary/aromatic N) is 4. The molecule has 0 aliphatic carbocycles. The van der Waals surface area contributed by atoms with Crippen LogP contribution in [0.25, 0.3) is 0 Å². The van der Waals surface area contributed by atoms with E-state index >= 15 is 0 Å². The van der Waals surface area contributed by atoms with E-state index in [1.54, 1.807) is 0 Å². The molecule has 0 saturated heterocycles. The number of halogens is 3. The SMILES string of the molecule is O=C(O)C1CN(C(=O)C(F)(F)F)c2ncnn2C1. The van der Waals surface area contributed by atoms with E-state index in [4.69, 9.17) is 5.11 Å². The predicted octanol–water partition coefficient (Wildman–Crippen LogP) is -0.112. The van der Waals surface area contributed by atoms with Crippen LogP contribution in [-0.2, 0) is 16.1 Å². The van der Waals surface area contributed by atoms with Gasteiger partial charge < -0.3 is 5.11 Å². The fourth-order valence-corrected chi connectivity index (χ4v) is 1.65. The number of aromatic nitrogens is 3. The zero-order chi connectivity index (χ0) is 13.5. The molecule has 98 valence electrons. The Morgan fingerprint density at radius 3 is 2.61 bits per heavy atom. The summed E-state index contributed by atoms with van der Waals surface area (Å²) < 4.78 is 38.1. The summed E-state index contributed by atoms with van der Waals surface area (Å²) in [7, 11) is 0. The fourth-order valence-electron chi connectivity index (χ4n) is 1.65. The molecule has 1 aliphatic heterocycles. The minimum absolute atomic E-state index is 0.119. The van der Waals surface area contributed by atoms with Crippen LogP contribution in [0.15, 0.2) is 6.33 Å². The topological polar surface area (TPSA) is 88.3 Å². The summed E-state index contributed by atoms with van der Waals surface area (Å²) in [5, 5.41) is 12.4. The van der Waals surface area contributed by atoms with Crippen molar-refractivity contribution < 1.29 is 27.9 Å². The molecule has 10 heteroatoms. The van der Waals surface area contributed by atoms with E-state index in [2.05, 4.69) is 10.1 Å². The molecule has 1 aromatic heterocycles. The molecular weight excluding hydrogens is 257 g/mol. The van der Waals surface area contributed by atoms with Crippen molar-refractivity contribution in [3.8, 4) is 0 Å². The lowest BCUT2D eigenvalue weighted by Crippen LogP contribution is -2.50. The number of rotatable bonds is 1. The lowest BCUT2D eigenvalue weighted by atomic mass is 10.1. The van der Waals surface area contributed by atoms with E-state index in [1.807, 2.05) is 0 Å². The van der Waals surface area contributed by atoms with Gasteiger partial charge in [-0.25, -0.2) is 4.68 Å². The standard InChI is InChI=1S/C8H7F3N4O3/c9-8(10,11)6(18)14-1-4(5(16)17)2-15-7(14)12-3-13-15/h3-4H,1-2H2,(H,16,17). The van der Waals surface area contributed by atoms with Crippen LogP contribution in [0.3, 0.4) is 0 Å². The summed E-state index contributed by atoms with van der Waals surface area (Å²) in [6, 6.07) is 0. The Morgan fingerprint density at radius 1 is 1.39 bits per heavy atom. The molecule has 1 N–H and O–H groups in total. The van der Waals surface area contributed by atoms with Gasteiger partial charge in [-0.3, -0.25) is 14.5 Å². The maximum atomic E-state index is 12.4. The molecule has 1 atom stereocenters. The van der Waals surface area contributed by atoms with Crippen LogP contribution in [-0.4, -0.2) is 44.5 Å². The van der Waals surface area contributed by atoms with Crippen molar-refractivity contribution in [1.82, 2.24) is 14.8 Å². The minimum Gasteiger partial charge on any atom is -0.481 e. The molecule has 7 nitrogen and oxygen atoms in total. The largest absolute Gasteiger partial charge is 0.481 e. The van der Waals surface area contributed by atoms with Gasteiger partial charge in [0.2, 0.25) is 5.95 Å². The van der Waals surface area contributed by atoms with Gasteiger partial charge in [0.15, 0.2) is 0 Å². The van der Waals surface area contributed by atoms with Crippen molar-refractivity contribution in [1.29, 1.82) is 0 Å². The number of carbonyl (C=O) groups is 2. The van der Waals surface area contributed by atoms with Crippen molar-refractivity contribution in [2.45, 2.75) is 12.7 Å². The first-order valence-corrected chi connectivity index (χ1v) is 4.80. The van der Waals surface area contributed by atoms with Gasteiger partial charge in [0.25, 0.3) is 0 Å². The quantitative estimate of drug-likeness (QED) is 0.764. The zero-order valence-corrected chi connectivity index (χ0v) is 8.76. The highest BCUT2D eigenvalue weighted by Crippen LogP contribution is 2.26. The van der Waals surface area contributed by atoms with E-state index in [1.165, 1.54) is 0 Å². The average Bonchev–Trinajstić information content (AvgIpc) is 2.73. The summed E-state index contributed by atoms with van der Waals surface area (Å²) in [6.07, 6.45) is -4.12.